The molecule has 3 nitrogen and oxygen atoms in total. The zero-order chi connectivity index (χ0) is 14.8. The van der Waals surface area contributed by atoms with E-state index in [1.54, 1.807) is 0 Å². The zero-order valence-electron chi connectivity index (χ0n) is 11.9. The van der Waals surface area contributed by atoms with Crippen LogP contribution in [0.25, 0.3) is 10.6 Å². The fraction of sp³-hybridized carbons (Fsp3) is 0.375. The van der Waals surface area contributed by atoms with Crippen molar-refractivity contribution < 1.29 is 4.79 Å². The van der Waals surface area contributed by atoms with E-state index in [0.717, 1.165) is 29.1 Å². The largest absolute Gasteiger partial charge is 0.349 e. The number of amides is 1. The van der Waals surface area contributed by atoms with Gasteiger partial charge in [0.1, 0.15) is 9.88 Å². The standard InChI is InChI=1S/C16H17ClN2OS/c1-10-14(15(20)19-11-6-2-3-7-11)21-16(18-10)12-8-4-5-9-13(12)17/h4-5,8-9,11H,2-3,6-7H2,1H3,(H,19,20). The maximum Gasteiger partial charge on any atom is 0.263 e. The van der Waals surface area contributed by atoms with Crippen LogP contribution in [-0.4, -0.2) is 16.9 Å². The molecule has 0 saturated heterocycles. The summed E-state index contributed by atoms with van der Waals surface area (Å²) in [5.74, 6) is -0.00444. The summed E-state index contributed by atoms with van der Waals surface area (Å²) in [7, 11) is 0. The highest BCUT2D eigenvalue weighted by molar-refractivity contribution is 7.17. The van der Waals surface area contributed by atoms with Crippen LogP contribution in [0.2, 0.25) is 5.02 Å². The third-order valence-corrected chi connectivity index (χ3v) is 5.32. The summed E-state index contributed by atoms with van der Waals surface area (Å²) in [6, 6.07) is 7.91. The molecule has 1 amide bonds. The van der Waals surface area contributed by atoms with Crippen molar-refractivity contribution in [3.05, 3.63) is 39.9 Å². The van der Waals surface area contributed by atoms with Gasteiger partial charge in [-0.25, -0.2) is 4.98 Å². The Kier molecular flexibility index (Phi) is 4.27. The molecule has 0 atom stereocenters. The van der Waals surface area contributed by atoms with Gasteiger partial charge in [0.05, 0.1) is 10.7 Å². The number of hydrogen-bond donors (Lipinski definition) is 1. The molecule has 1 aliphatic rings. The molecule has 110 valence electrons. The van der Waals surface area contributed by atoms with E-state index in [1.165, 1.54) is 24.2 Å². The number of carbonyl (C=O) groups excluding carboxylic acids is 1. The van der Waals surface area contributed by atoms with Gasteiger partial charge in [-0.1, -0.05) is 42.6 Å². The van der Waals surface area contributed by atoms with Crippen molar-refractivity contribution in [3.8, 4) is 10.6 Å². The van der Waals surface area contributed by atoms with E-state index in [-0.39, 0.29) is 5.91 Å². The predicted octanol–water partition coefficient (Wildman–Crippen LogP) is 4.44. The molecule has 0 unspecified atom stereocenters. The van der Waals surface area contributed by atoms with Gasteiger partial charge in [0.2, 0.25) is 0 Å². The molecular weight excluding hydrogens is 304 g/mol. The molecule has 1 heterocycles. The Bertz CT molecular complexity index is 662. The second-order valence-electron chi connectivity index (χ2n) is 5.37. The first-order valence-corrected chi connectivity index (χ1v) is 8.38. The van der Waals surface area contributed by atoms with Gasteiger partial charge in [0.15, 0.2) is 0 Å². The Balaban J connectivity index is 1.84. The number of nitrogens with zero attached hydrogens (tertiary/aromatic N) is 1. The molecule has 1 N–H and O–H groups in total. The Morgan fingerprint density at radius 3 is 2.76 bits per heavy atom. The van der Waals surface area contributed by atoms with E-state index in [0.29, 0.717) is 15.9 Å². The smallest absolute Gasteiger partial charge is 0.263 e. The summed E-state index contributed by atoms with van der Waals surface area (Å²) in [6.45, 7) is 1.88. The molecule has 0 aliphatic heterocycles. The lowest BCUT2D eigenvalue weighted by molar-refractivity contribution is 0.0941. The van der Waals surface area contributed by atoms with E-state index in [9.17, 15) is 4.79 Å². The molecule has 3 rings (SSSR count). The summed E-state index contributed by atoms with van der Waals surface area (Å²) in [5.41, 5.74) is 1.65. The van der Waals surface area contributed by atoms with Gasteiger partial charge in [-0.2, -0.15) is 0 Å². The van der Waals surface area contributed by atoms with Gasteiger partial charge >= 0.3 is 0 Å². The number of hydrogen-bond acceptors (Lipinski definition) is 3. The van der Waals surface area contributed by atoms with Gasteiger partial charge in [-0.15, -0.1) is 11.3 Å². The minimum absolute atomic E-state index is 0.00444. The monoisotopic (exact) mass is 320 g/mol. The maximum atomic E-state index is 12.4. The fourth-order valence-corrected chi connectivity index (χ4v) is 3.97. The molecule has 1 aromatic carbocycles. The SMILES string of the molecule is Cc1nc(-c2ccccc2Cl)sc1C(=O)NC1CCCC1. The van der Waals surface area contributed by atoms with Crippen molar-refractivity contribution in [1.82, 2.24) is 10.3 Å². The fourth-order valence-electron chi connectivity index (χ4n) is 2.68. The summed E-state index contributed by atoms with van der Waals surface area (Å²) in [4.78, 5) is 17.6. The van der Waals surface area contributed by atoms with E-state index < -0.39 is 0 Å². The lowest BCUT2D eigenvalue weighted by Crippen LogP contribution is -2.32. The summed E-state index contributed by atoms with van der Waals surface area (Å²) in [5, 5.41) is 4.58. The highest BCUT2D eigenvalue weighted by Crippen LogP contribution is 2.32. The Labute approximate surface area is 133 Å². The summed E-state index contributed by atoms with van der Waals surface area (Å²) in [6.07, 6.45) is 4.58. The van der Waals surface area contributed by atoms with Crippen molar-refractivity contribution in [3.63, 3.8) is 0 Å². The molecule has 0 radical (unpaired) electrons. The average molecular weight is 321 g/mol. The number of carbonyl (C=O) groups is 1. The number of aryl methyl sites for hydroxylation is 1. The normalized spacial score (nSPS) is 15.3. The Hall–Kier alpha value is -1.39. The molecule has 5 heteroatoms. The van der Waals surface area contributed by atoms with Crippen LogP contribution in [0.3, 0.4) is 0 Å². The molecular formula is C16H17ClN2OS. The molecule has 0 bridgehead atoms. The van der Waals surface area contributed by atoms with Gasteiger partial charge < -0.3 is 5.32 Å². The molecule has 1 aliphatic carbocycles. The topological polar surface area (TPSA) is 42.0 Å². The molecule has 1 fully saturated rings. The first kappa shape index (κ1) is 14.5. The van der Waals surface area contributed by atoms with Gasteiger partial charge in [-0.05, 0) is 25.8 Å². The van der Waals surface area contributed by atoms with Crippen LogP contribution in [0.1, 0.15) is 41.0 Å². The van der Waals surface area contributed by atoms with Gasteiger partial charge in [0.25, 0.3) is 5.91 Å². The van der Waals surface area contributed by atoms with Crippen LogP contribution in [0.5, 0.6) is 0 Å². The Morgan fingerprint density at radius 2 is 2.05 bits per heavy atom. The number of aromatic nitrogens is 1. The van der Waals surface area contributed by atoms with Crippen LogP contribution in [0, 0.1) is 6.92 Å². The summed E-state index contributed by atoms with van der Waals surface area (Å²) >= 11 is 7.61. The van der Waals surface area contributed by atoms with Crippen LogP contribution in [-0.2, 0) is 0 Å². The second-order valence-corrected chi connectivity index (χ2v) is 6.77. The lowest BCUT2D eigenvalue weighted by Gasteiger charge is -2.10. The van der Waals surface area contributed by atoms with Crippen molar-refractivity contribution in [2.24, 2.45) is 0 Å². The average Bonchev–Trinajstić information content (AvgIpc) is 3.09. The number of halogens is 1. The number of thiazole rings is 1. The van der Waals surface area contributed by atoms with Crippen LogP contribution in [0.4, 0.5) is 0 Å². The predicted molar refractivity (Wildman–Crippen MR) is 87.0 cm³/mol. The molecule has 2 aromatic rings. The maximum absolute atomic E-state index is 12.4. The number of nitrogens with one attached hydrogen (secondary N) is 1. The Morgan fingerprint density at radius 1 is 1.33 bits per heavy atom. The number of rotatable bonds is 3. The summed E-state index contributed by atoms with van der Waals surface area (Å²) < 4.78 is 0. The van der Waals surface area contributed by atoms with E-state index >= 15 is 0 Å². The van der Waals surface area contributed by atoms with Crippen LogP contribution >= 0.6 is 22.9 Å². The van der Waals surface area contributed by atoms with Crippen LogP contribution in [0.15, 0.2) is 24.3 Å². The first-order chi connectivity index (χ1) is 10.1. The number of benzene rings is 1. The molecule has 21 heavy (non-hydrogen) atoms. The molecule has 1 aromatic heterocycles. The van der Waals surface area contributed by atoms with Crippen molar-refractivity contribution in [1.29, 1.82) is 0 Å². The second kappa shape index (κ2) is 6.16. The van der Waals surface area contributed by atoms with Crippen LogP contribution < -0.4 is 5.32 Å². The third-order valence-electron chi connectivity index (χ3n) is 3.80. The molecule has 1 saturated carbocycles. The minimum atomic E-state index is -0.00444. The van der Waals surface area contributed by atoms with E-state index in [4.69, 9.17) is 11.6 Å². The first-order valence-electron chi connectivity index (χ1n) is 7.18. The van der Waals surface area contributed by atoms with Crippen molar-refractivity contribution in [2.45, 2.75) is 38.6 Å². The van der Waals surface area contributed by atoms with Gasteiger partial charge in [0, 0.05) is 11.6 Å². The highest BCUT2D eigenvalue weighted by atomic mass is 35.5. The zero-order valence-corrected chi connectivity index (χ0v) is 13.4. The quantitative estimate of drug-likeness (QED) is 0.908. The molecule has 0 spiro atoms. The van der Waals surface area contributed by atoms with Crippen molar-refractivity contribution >= 4 is 28.8 Å². The minimum Gasteiger partial charge on any atom is -0.349 e. The van der Waals surface area contributed by atoms with E-state index in [1.807, 2.05) is 31.2 Å². The van der Waals surface area contributed by atoms with E-state index in [2.05, 4.69) is 10.3 Å². The van der Waals surface area contributed by atoms with Gasteiger partial charge in [-0.3, -0.25) is 4.79 Å². The third kappa shape index (κ3) is 3.11. The highest BCUT2D eigenvalue weighted by Gasteiger charge is 2.22. The lowest BCUT2D eigenvalue weighted by atomic mass is 10.2. The van der Waals surface area contributed by atoms with Crippen molar-refractivity contribution in [2.75, 3.05) is 0 Å².